The average molecular weight is 263 g/mol. The SMILES string of the molecule is Cc1cccc(CN(C)c2cc(C)nc(Cl)n2)n1. The van der Waals surface area contributed by atoms with E-state index in [0.717, 1.165) is 22.9 Å². The van der Waals surface area contributed by atoms with E-state index in [1.165, 1.54) is 0 Å². The van der Waals surface area contributed by atoms with Gasteiger partial charge in [-0.15, -0.1) is 0 Å². The van der Waals surface area contributed by atoms with E-state index < -0.39 is 0 Å². The molecule has 5 heteroatoms. The number of aromatic nitrogens is 3. The lowest BCUT2D eigenvalue weighted by Crippen LogP contribution is -2.19. The maximum Gasteiger partial charge on any atom is 0.224 e. The van der Waals surface area contributed by atoms with Gasteiger partial charge in [0.1, 0.15) is 5.82 Å². The Kier molecular flexibility index (Phi) is 3.77. The quantitative estimate of drug-likeness (QED) is 0.798. The maximum atomic E-state index is 5.86. The van der Waals surface area contributed by atoms with Crippen molar-refractivity contribution in [3.8, 4) is 0 Å². The van der Waals surface area contributed by atoms with Crippen LogP contribution in [0.5, 0.6) is 0 Å². The molecule has 2 aromatic heterocycles. The van der Waals surface area contributed by atoms with Gasteiger partial charge in [0.2, 0.25) is 5.28 Å². The number of hydrogen-bond acceptors (Lipinski definition) is 4. The van der Waals surface area contributed by atoms with Crippen molar-refractivity contribution in [2.45, 2.75) is 20.4 Å². The van der Waals surface area contributed by atoms with Crippen LogP contribution in [-0.4, -0.2) is 22.0 Å². The highest BCUT2D eigenvalue weighted by atomic mass is 35.5. The van der Waals surface area contributed by atoms with Crippen LogP contribution in [0.15, 0.2) is 24.3 Å². The summed E-state index contributed by atoms with van der Waals surface area (Å²) in [4.78, 5) is 14.7. The van der Waals surface area contributed by atoms with Crippen LogP contribution in [-0.2, 0) is 6.54 Å². The van der Waals surface area contributed by atoms with E-state index in [1.807, 2.05) is 50.1 Å². The monoisotopic (exact) mass is 262 g/mol. The highest BCUT2D eigenvalue weighted by Gasteiger charge is 2.07. The first kappa shape index (κ1) is 12.8. The lowest BCUT2D eigenvalue weighted by atomic mass is 10.3. The lowest BCUT2D eigenvalue weighted by Gasteiger charge is -2.18. The second kappa shape index (κ2) is 5.31. The number of nitrogens with zero attached hydrogens (tertiary/aromatic N) is 4. The predicted molar refractivity (Wildman–Crippen MR) is 72.9 cm³/mol. The van der Waals surface area contributed by atoms with Crippen LogP contribution in [0, 0.1) is 13.8 Å². The number of rotatable bonds is 3. The van der Waals surface area contributed by atoms with Gasteiger partial charge in [-0.2, -0.15) is 0 Å². The minimum atomic E-state index is 0.272. The number of pyridine rings is 1. The Morgan fingerprint density at radius 2 is 1.89 bits per heavy atom. The van der Waals surface area contributed by atoms with Crippen molar-refractivity contribution in [2.75, 3.05) is 11.9 Å². The molecule has 4 nitrogen and oxygen atoms in total. The molecule has 0 aromatic carbocycles. The molecular formula is C13H15ClN4. The zero-order chi connectivity index (χ0) is 13.1. The van der Waals surface area contributed by atoms with Gasteiger partial charge in [0.15, 0.2) is 0 Å². The number of aryl methyl sites for hydroxylation is 2. The molecule has 0 aliphatic rings. The molecule has 2 heterocycles. The standard InChI is InChI=1S/C13H15ClN4/c1-9-5-4-6-11(15-9)8-18(3)12-7-10(2)16-13(14)17-12/h4-7H,8H2,1-3H3. The molecule has 0 unspecified atom stereocenters. The molecule has 2 aromatic rings. The van der Waals surface area contributed by atoms with E-state index >= 15 is 0 Å². The van der Waals surface area contributed by atoms with Crippen LogP contribution in [0.25, 0.3) is 0 Å². The van der Waals surface area contributed by atoms with Crippen LogP contribution in [0.2, 0.25) is 5.28 Å². The van der Waals surface area contributed by atoms with E-state index in [4.69, 9.17) is 11.6 Å². The van der Waals surface area contributed by atoms with E-state index in [-0.39, 0.29) is 5.28 Å². The molecule has 18 heavy (non-hydrogen) atoms. The minimum Gasteiger partial charge on any atom is -0.354 e. The maximum absolute atomic E-state index is 5.86. The van der Waals surface area contributed by atoms with Gasteiger partial charge in [0.25, 0.3) is 0 Å². The van der Waals surface area contributed by atoms with Crippen molar-refractivity contribution in [3.63, 3.8) is 0 Å². The fourth-order valence-corrected chi connectivity index (χ4v) is 1.94. The fraction of sp³-hybridized carbons (Fsp3) is 0.308. The highest BCUT2D eigenvalue weighted by Crippen LogP contribution is 2.15. The Balaban J connectivity index is 2.19. The summed E-state index contributed by atoms with van der Waals surface area (Å²) >= 11 is 5.86. The van der Waals surface area contributed by atoms with Crippen molar-refractivity contribution < 1.29 is 0 Å². The molecule has 0 bridgehead atoms. The first-order valence-corrected chi connectivity index (χ1v) is 6.07. The summed E-state index contributed by atoms with van der Waals surface area (Å²) in [6.07, 6.45) is 0. The number of hydrogen-bond donors (Lipinski definition) is 0. The Bertz CT molecular complexity index is 536. The number of anilines is 1. The molecule has 0 amide bonds. The summed E-state index contributed by atoms with van der Waals surface area (Å²) in [6, 6.07) is 7.89. The molecule has 2 rings (SSSR count). The first-order chi connectivity index (χ1) is 8.54. The molecule has 0 saturated carbocycles. The normalized spacial score (nSPS) is 10.4. The van der Waals surface area contributed by atoms with Gasteiger partial charge in [-0.1, -0.05) is 6.07 Å². The molecule has 0 aliphatic heterocycles. The lowest BCUT2D eigenvalue weighted by molar-refractivity contribution is 0.852. The van der Waals surface area contributed by atoms with E-state index in [0.29, 0.717) is 6.54 Å². The van der Waals surface area contributed by atoms with Gasteiger partial charge in [-0.3, -0.25) is 4.98 Å². The largest absolute Gasteiger partial charge is 0.354 e. The second-order valence-corrected chi connectivity index (χ2v) is 4.60. The molecule has 0 fully saturated rings. The summed E-state index contributed by atoms with van der Waals surface area (Å²) in [7, 11) is 1.96. The molecule has 0 aliphatic carbocycles. The molecule has 94 valence electrons. The predicted octanol–water partition coefficient (Wildman–Crippen LogP) is 2.78. The van der Waals surface area contributed by atoms with Gasteiger partial charge in [0, 0.05) is 24.5 Å². The third kappa shape index (κ3) is 3.17. The zero-order valence-corrected chi connectivity index (χ0v) is 11.4. The Hall–Kier alpha value is -1.68. The van der Waals surface area contributed by atoms with Crippen LogP contribution in [0.1, 0.15) is 17.1 Å². The van der Waals surface area contributed by atoms with Crippen molar-refractivity contribution in [2.24, 2.45) is 0 Å². The van der Waals surface area contributed by atoms with Crippen LogP contribution in [0.4, 0.5) is 5.82 Å². The summed E-state index contributed by atoms with van der Waals surface area (Å²) in [5.74, 6) is 0.802. The summed E-state index contributed by atoms with van der Waals surface area (Å²) in [6.45, 7) is 4.57. The number of halogens is 1. The smallest absolute Gasteiger partial charge is 0.224 e. The molecule has 0 saturated heterocycles. The molecule has 0 radical (unpaired) electrons. The zero-order valence-electron chi connectivity index (χ0n) is 10.7. The topological polar surface area (TPSA) is 41.9 Å². The van der Waals surface area contributed by atoms with Gasteiger partial charge in [-0.05, 0) is 37.6 Å². The van der Waals surface area contributed by atoms with Gasteiger partial charge < -0.3 is 4.90 Å². The van der Waals surface area contributed by atoms with E-state index in [9.17, 15) is 0 Å². The summed E-state index contributed by atoms with van der Waals surface area (Å²) in [5.41, 5.74) is 2.87. The minimum absolute atomic E-state index is 0.272. The van der Waals surface area contributed by atoms with Gasteiger partial charge in [0.05, 0.1) is 12.2 Å². The van der Waals surface area contributed by atoms with Crippen molar-refractivity contribution in [3.05, 3.63) is 46.6 Å². The van der Waals surface area contributed by atoms with Crippen molar-refractivity contribution >= 4 is 17.4 Å². The second-order valence-electron chi connectivity index (χ2n) is 4.26. The van der Waals surface area contributed by atoms with Crippen LogP contribution < -0.4 is 4.90 Å². The van der Waals surface area contributed by atoms with E-state index in [1.54, 1.807) is 0 Å². The Morgan fingerprint density at radius 1 is 1.11 bits per heavy atom. The third-order valence-electron chi connectivity index (χ3n) is 2.55. The Labute approximate surface area is 112 Å². The molecule has 0 spiro atoms. The first-order valence-electron chi connectivity index (χ1n) is 5.69. The van der Waals surface area contributed by atoms with Crippen molar-refractivity contribution in [1.82, 2.24) is 15.0 Å². The van der Waals surface area contributed by atoms with E-state index in [2.05, 4.69) is 15.0 Å². The van der Waals surface area contributed by atoms with Gasteiger partial charge in [-0.25, -0.2) is 9.97 Å². The Morgan fingerprint density at radius 3 is 2.56 bits per heavy atom. The molecule has 0 N–H and O–H groups in total. The van der Waals surface area contributed by atoms with Crippen LogP contribution >= 0.6 is 11.6 Å². The summed E-state index contributed by atoms with van der Waals surface area (Å²) < 4.78 is 0. The highest BCUT2D eigenvalue weighted by molar-refractivity contribution is 6.28. The molecule has 0 atom stereocenters. The average Bonchev–Trinajstić information content (AvgIpc) is 2.27. The fourth-order valence-electron chi connectivity index (χ4n) is 1.72. The summed E-state index contributed by atoms with van der Waals surface area (Å²) in [5, 5.41) is 0.272. The third-order valence-corrected chi connectivity index (χ3v) is 2.72. The molecular weight excluding hydrogens is 248 g/mol. The van der Waals surface area contributed by atoms with Crippen molar-refractivity contribution in [1.29, 1.82) is 0 Å². The van der Waals surface area contributed by atoms with Gasteiger partial charge >= 0.3 is 0 Å². The van der Waals surface area contributed by atoms with Crippen LogP contribution in [0.3, 0.4) is 0 Å².